The van der Waals surface area contributed by atoms with E-state index in [1.165, 1.54) is 7.11 Å². The van der Waals surface area contributed by atoms with Crippen molar-refractivity contribution in [2.45, 2.75) is 6.92 Å². The molecule has 0 atom stereocenters. The van der Waals surface area contributed by atoms with Crippen LogP contribution in [0.5, 0.6) is 17.2 Å². The van der Waals surface area contributed by atoms with Crippen molar-refractivity contribution in [1.29, 1.82) is 0 Å². The van der Waals surface area contributed by atoms with Gasteiger partial charge >= 0.3 is 5.97 Å². The van der Waals surface area contributed by atoms with Crippen molar-refractivity contribution >= 4 is 17.8 Å². The number of carbonyl (C=O) groups is 2. The number of fused-ring (bicyclic) bond motifs is 1. The molecule has 0 fully saturated rings. The number of hydrogen-bond acceptors (Lipinski definition) is 6. The molecule has 2 aromatic rings. The van der Waals surface area contributed by atoms with Crippen LogP contribution in [0.3, 0.4) is 0 Å². The third kappa shape index (κ3) is 3.45. The molecule has 0 bridgehead atoms. The number of esters is 1. The summed E-state index contributed by atoms with van der Waals surface area (Å²) in [5.74, 6) is 0.949. The topological polar surface area (TPSA) is 71.1 Å². The Kier molecular flexibility index (Phi) is 5.04. The van der Waals surface area contributed by atoms with Crippen molar-refractivity contribution in [2.75, 3.05) is 20.8 Å². The van der Waals surface area contributed by atoms with Gasteiger partial charge in [-0.15, -0.1) is 0 Å². The van der Waals surface area contributed by atoms with Crippen molar-refractivity contribution in [2.24, 2.45) is 0 Å². The number of rotatable bonds is 5. The molecule has 0 radical (unpaired) electrons. The van der Waals surface area contributed by atoms with Gasteiger partial charge in [0.25, 0.3) is 0 Å². The lowest BCUT2D eigenvalue weighted by molar-refractivity contribution is -0.138. The largest absolute Gasteiger partial charge is 0.497 e. The molecule has 1 aliphatic rings. The fourth-order valence-corrected chi connectivity index (χ4v) is 2.60. The van der Waals surface area contributed by atoms with Crippen molar-refractivity contribution < 1.29 is 28.5 Å². The molecule has 6 heteroatoms. The van der Waals surface area contributed by atoms with Gasteiger partial charge in [0, 0.05) is 12.7 Å². The molecular weight excluding hydrogens is 336 g/mol. The second kappa shape index (κ2) is 7.41. The Balaban J connectivity index is 1.87. The minimum absolute atomic E-state index is 0.154. The van der Waals surface area contributed by atoms with Gasteiger partial charge in [-0.1, -0.05) is 12.1 Å². The molecular formula is C20H18O6. The van der Waals surface area contributed by atoms with Gasteiger partial charge in [-0.25, -0.2) is 4.79 Å². The summed E-state index contributed by atoms with van der Waals surface area (Å²) in [6, 6.07) is 10.4. The summed E-state index contributed by atoms with van der Waals surface area (Å²) in [4.78, 5) is 24.2. The van der Waals surface area contributed by atoms with Crippen LogP contribution in [0.4, 0.5) is 0 Å². The zero-order valence-corrected chi connectivity index (χ0v) is 14.7. The monoisotopic (exact) mass is 354 g/mol. The summed E-state index contributed by atoms with van der Waals surface area (Å²) >= 11 is 0. The van der Waals surface area contributed by atoms with Gasteiger partial charge in [0.05, 0.1) is 12.7 Å². The van der Waals surface area contributed by atoms with Gasteiger partial charge in [-0.2, -0.15) is 0 Å². The van der Waals surface area contributed by atoms with Crippen molar-refractivity contribution in [3.8, 4) is 17.2 Å². The van der Waals surface area contributed by atoms with E-state index in [0.717, 1.165) is 11.3 Å². The van der Waals surface area contributed by atoms with Crippen LogP contribution < -0.4 is 14.2 Å². The first kappa shape index (κ1) is 17.7. The van der Waals surface area contributed by atoms with E-state index in [9.17, 15) is 9.59 Å². The molecule has 6 nitrogen and oxygen atoms in total. The Morgan fingerprint density at radius 2 is 1.85 bits per heavy atom. The van der Waals surface area contributed by atoms with E-state index in [0.29, 0.717) is 22.6 Å². The highest BCUT2D eigenvalue weighted by Gasteiger charge is 2.30. The quantitative estimate of drug-likeness (QED) is 0.467. The van der Waals surface area contributed by atoms with Crippen molar-refractivity contribution in [1.82, 2.24) is 0 Å². The predicted octanol–water partition coefficient (Wildman–Crippen LogP) is 3.17. The highest BCUT2D eigenvalue weighted by Crippen LogP contribution is 2.39. The molecule has 0 N–H and O–H groups in total. The molecule has 0 saturated carbocycles. The summed E-state index contributed by atoms with van der Waals surface area (Å²) < 4.78 is 20.9. The van der Waals surface area contributed by atoms with Crippen LogP contribution in [0.1, 0.15) is 21.5 Å². The fraction of sp³-hybridized carbons (Fsp3) is 0.200. The van der Waals surface area contributed by atoms with E-state index in [1.54, 1.807) is 44.4 Å². The average molecular weight is 354 g/mol. The van der Waals surface area contributed by atoms with Crippen LogP contribution in [0.15, 0.2) is 42.2 Å². The van der Waals surface area contributed by atoms with E-state index in [4.69, 9.17) is 18.9 Å². The summed E-state index contributed by atoms with van der Waals surface area (Å²) in [6.07, 6.45) is 1.66. The van der Waals surface area contributed by atoms with Gasteiger partial charge in [-0.3, -0.25) is 4.79 Å². The van der Waals surface area contributed by atoms with E-state index >= 15 is 0 Å². The number of ether oxygens (including phenoxy) is 4. The van der Waals surface area contributed by atoms with E-state index in [1.807, 2.05) is 12.1 Å². The molecule has 0 aliphatic carbocycles. The molecule has 0 spiro atoms. The molecule has 1 aliphatic heterocycles. The number of carbonyl (C=O) groups excluding carboxylic acids is 2. The minimum Gasteiger partial charge on any atom is -0.497 e. The molecule has 134 valence electrons. The molecule has 0 unspecified atom stereocenters. The molecule has 0 aromatic heterocycles. The zero-order valence-electron chi connectivity index (χ0n) is 14.7. The van der Waals surface area contributed by atoms with Crippen molar-refractivity contribution in [3.63, 3.8) is 0 Å². The maximum atomic E-state index is 12.6. The number of hydrogen-bond donors (Lipinski definition) is 0. The third-order valence-electron chi connectivity index (χ3n) is 3.94. The highest BCUT2D eigenvalue weighted by molar-refractivity contribution is 6.15. The normalized spacial score (nSPS) is 14.1. The fourth-order valence-electron chi connectivity index (χ4n) is 2.60. The summed E-state index contributed by atoms with van der Waals surface area (Å²) in [7, 11) is 3.00. The number of ketones is 1. The van der Waals surface area contributed by atoms with Crippen LogP contribution in [0.2, 0.25) is 0 Å². The van der Waals surface area contributed by atoms with Gasteiger partial charge in [0.2, 0.25) is 5.78 Å². The lowest BCUT2D eigenvalue weighted by Crippen LogP contribution is -2.14. The Hall–Kier alpha value is -3.12. The highest BCUT2D eigenvalue weighted by atomic mass is 16.6. The Labute approximate surface area is 150 Å². The first-order valence-electron chi connectivity index (χ1n) is 7.95. The second-order valence-electron chi connectivity index (χ2n) is 5.69. The van der Waals surface area contributed by atoms with Crippen LogP contribution in [-0.4, -0.2) is 32.6 Å². The SMILES string of the molecule is COCC(=O)Oc1ccc2c(c1C)O/C(=C\c1ccc(OC)cc1)C2=O. The van der Waals surface area contributed by atoms with E-state index < -0.39 is 5.97 Å². The van der Waals surface area contributed by atoms with Crippen LogP contribution in [0.25, 0.3) is 6.08 Å². The number of Topliss-reactive ketones (excluding diaryl/α,β-unsaturated/α-hetero) is 1. The lowest BCUT2D eigenvalue weighted by atomic mass is 10.1. The van der Waals surface area contributed by atoms with Gasteiger partial charge in [-0.05, 0) is 42.8 Å². The molecule has 2 aromatic carbocycles. The van der Waals surface area contributed by atoms with Crippen LogP contribution in [-0.2, 0) is 9.53 Å². The maximum absolute atomic E-state index is 12.6. The number of methoxy groups -OCH3 is 2. The van der Waals surface area contributed by atoms with E-state index in [-0.39, 0.29) is 18.1 Å². The third-order valence-corrected chi connectivity index (χ3v) is 3.94. The van der Waals surface area contributed by atoms with Crippen LogP contribution in [0, 0.1) is 6.92 Å². The van der Waals surface area contributed by atoms with Gasteiger partial charge < -0.3 is 18.9 Å². The Bertz CT molecular complexity index is 880. The molecule has 0 saturated heterocycles. The smallest absolute Gasteiger partial charge is 0.337 e. The van der Waals surface area contributed by atoms with Crippen molar-refractivity contribution in [3.05, 3.63) is 58.8 Å². The summed E-state index contributed by atoms with van der Waals surface area (Å²) in [5.41, 5.74) is 1.83. The van der Waals surface area contributed by atoms with E-state index in [2.05, 4.69) is 0 Å². The second-order valence-corrected chi connectivity index (χ2v) is 5.69. The number of allylic oxidation sites excluding steroid dienone is 1. The first-order chi connectivity index (χ1) is 12.5. The molecule has 0 amide bonds. The summed E-state index contributed by atoms with van der Waals surface area (Å²) in [6.45, 7) is 1.58. The average Bonchev–Trinajstić information content (AvgIpc) is 2.95. The lowest BCUT2D eigenvalue weighted by Gasteiger charge is -2.09. The Morgan fingerprint density at radius 3 is 2.50 bits per heavy atom. The number of benzene rings is 2. The minimum atomic E-state index is -0.520. The van der Waals surface area contributed by atoms with Gasteiger partial charge in [0.15, 0.2) is 5.76 Å². The van der Waals surface area contributed by atoms with Crippen LogP contribution >= 0.6 is 0 Å². The Morgan fingerprint density at radius 1 is 1.12 bits per heavy atom. The standard InChI is InChI=1S/C20H18O6/c1-12-16(25-18(21)11-23-2)9-8-15-19(22)17(26-20(12)15)10-13-4-6-14(24-3)7-5-13/h4-10H,11H2,1-3H3/b17-10-. The molecule has 3 rings (SSSR count). The molecule has 1 heterocycles. The maximum Gasteiger partial charge on any atom is 0.337 e. The predicted molar refractivity (Wildman–Crippen MR) is 94.6 cm³/mol. The zero-order chi connectivity index (χ0) is 18.7. The summed E-state index contributed by atoms with van der Waals surface area (Å²) in [5, 5.41) is 0. The van der Waals surface area contributed by atoms with Gasteiger partial charge in [0.1, 0.15) is 23.9 Å². The first-order valence-corrected chi connectivity index (χ1v) is 7.95. The molecule has 26 heavy (non-hydrogen) atoms.